The predicted octanol–water partition coefficient (Wildman–Crippen LogP) is 9.67. The van der Waals surface area contributed by atoms with Crippen LogP contribution in [0.25, 0.3) is 0 Å². The first-order valence-corrected chi connectivity index (χ1v) is 10.2. The Labute approximate surface area is 146 Å². The van der Waals surface area contributed by atoms with Gasteiger partial charge in [-0.25, -0.2) is 0 Å². The van der Waals surface area contributed by atoms with Crippen molar-refractivity contribution in [3.05, 3.63) is 0 Å². The van der Waals surface area contributed by atoms with Gasteiger partial charge in [0.25, 0.3) is 0 Å². The Bertz CT molecular complexity index is 96.6. The summed E-state index contributed by atoms with van der Waals surface area (Å²) in [4.78, 5) is 0. The average molecular weight is 319 g/mol. The zero-order chi connectivity index (χ0) is 17.4. The molecular formula is C22H54. The molecule has 0 spiro atoms. The van der Waals surface area contributed by atoms with Gasteiger partial charge in [-0.05, 0) is 5.92 Å². The molecule has 0 atom stereocenters. The molecule has 0 aromatic rings. The van der Waals surface area contributed by atoms with Gasteiger partial charge in [-0.3, -0.25) is 0 Å². The van der Waals surface area contributed by atoms with Crippen molar-refractivity contribution in [3.63, 3.8) is 0 Å². The van der Waals surface area contributed by atoms with Crippen LogP contribution >= 0.6 is 0 Å². The van der Waals surface area contributed by atoms with Gasteiger partial charge in [0.1, 0.15) is 0 Å². The number of hydrogen-bond acceptors (Lipinski definition) is 0. The fourth-order valence-corrected chi connectivity index (χ4v) is 1.98. The molecule has 1 rings (SSSR count). The van der Waals surface area contributed by atoms with Gasteiger partial charge in [0, 0.05) is 0 Å². The summed E-state index contributed by atoms with van der Waals surface area (Å²) in [7, 11) is 0. The highest BCUT2D eigenvalue weighted by Crippen LogP contribution is 2.22. The minimum Gasteiger partial charge on any atom is -0.0776 e. The summed E-state index contributed by atoms with van der Waals surface area (Å²) in [6.07, 6.45) is 15.7. The van der Waals surface area contributed by atoms with Crippen LogP contribution in [0.2, 0.25) is 0 Å². The first-order chi connectivity index (χ1) is 10.2. The van der Waals surface area contributed by atoms with Gasteiger partial charge in [-0.15, -0.1) is 0 Å². The molecule has 0 aromatic carbocycles. The maximum Gasteiger partial charge on any atom is -0.0443 e. The third kappa shape index (κ3) is 50.1. The van der Waals surface area contributed by atoms with E-state index in [9.17, 15) is 0 Å². The Kier molecular flexibility index (Phi) is 65.4. The van der Waals surface area contributed by atoms with Crippen molar-refractivity contribution in [1.82, 2.24) is 0 Å². The van der Waals surface area contributed by atoms with Gasteiger partial charge >= 0.3 is 0 Å². The summed E-state index contributed by atoms with van der Waals surface area (Å²) in [5.41, 5.74) is 0. The molecule has 0 amide bonds. The molecule has 0 radical (unpaired) electrons. The highest BCUT2D eigenvalue weighted by Gasteiger charge is 2.05. The van der Waals surface area contributed by atoms with Gasteiger partial charge in [0.05, 0.1) is 0 Å². The largest absolute Gasteiger partial charge is 0.0776 e. The second-order valence-electron chi connectivity index (χ2n) is 5.51. The lowest BCUT2D eigenvalue weighted by Gasteiger charge is -2.15. The van der Waals surface area contributed by atoms with E-state index in [0.717, 1.165) is 5.92 Å². The molecule has 142 valence electrons. The second kappa shape index (κ2) is 42.9. The van der Waals surface area contributed by atoms with Crippen molar-refractivity contribution in [1.29, 1.82) is 0 Å². The molecule has 1 saturated carbocycles. The van der Waals surface area contributed by atoms with Crippen LogP contribution in [0.4, 0.5) is 0 Å². The topological polar surface area (TPSA) is 0 Å². The van der Waals surface area contributed by atoms with Crippen LogP contribution in [0.3, 0.4) is 0 Å². The van der Waals surface area contributed by atoms with Crippen LogP contribution in [-0.4, -0.2) is 0 Å². The van der Waals surface area contributed by atoms with E-state index in [2.05, 4.69) is 34.6 Å². The molecule has 22 heavy (non-hydrogen) atoms. The monoisotopic (exact) mass is 318 g/mol. The van der Waals surface area contributed by atoms with E-state index in [1.807, 2.05) is 27.7 Å². The molecule has 0 heterocycles. The van der Waals surface area contributed by atoms with Crippen LogP contribution in [0.1, 0.15) is 140 Å². The van der Waals surface area contributed by atoms with E-state index >= 15 is 0 Å². The SMILES string of the molecule is C.CC.CC.CC1CCCCC1.CCC.CCCCCCC. The zero-order valence-electron chi connectivity index (χ0n) is 17.4. The number of unbranched alkanes of at least 4 members (excludes halogenated alkanes) is 4. The fraction of sp³-hybridized carbons (Fsp3) is 1.00. The summed E-state index contributed by atoms with van der Waals surface area (Å²) in [6.45, 7) is 19.1. The second-order valence-corrected chi connectivity index (χ2v) is 5.51. The molecule has 0 nitrogen and oxygen atoms in total. The highest BCUT2D eigenvalue weighted by atomic mass is 14.1. The maximum absolute atomic E-state index is 2.36. The molecule has 1 aliphatic carbocycles. The van der Waals surface area contributed by atoms with E-state index < -0.39 is 0 Å². The van der Waals surface area contributed by atoms with Crippen LogP contribution in [0.5, 0.6) is 0 Å². The van der Waals surface area contributed by atoms with Gasteiger partial charge in [0.2, 0.25) is 0 Å². The Morgan fingerprint density at radius 3 is 1.14 bits per heavy atom. The molecule has 0 N–H and O–H groups in total. The first-order valence-electron chi connectivity index (χ1n) is 10.2. The summed E-state index contributed by atoms with van der Waals surface area (Å²) in [5.74, 6) is 1.04. The standard InChI is InChI=1S/C7H14.C7H16.C3H8.2C2H6.CH4/c1-7-5-3-2-4-6-7;1-3-5-7-6-4-2;1-3-2;2*1-2;/h7H,2-6H2,1H3;3-7H2,1-2H3;3H2,1-2H3;2*1-2H3;1H4. The average Bonchev–Trinajstić information content (AvgIpc) is 2.54. The molecule has 0 heteroatoms. The van der Waals surface area contributed by atoms with Crippen molar-refractivity contribution >= 4 is 0 Å². The molecule has 0 aliphatic heterocycles. The Balaban J connectivity index is -0.0000000607. The van der Waals surface area contributed by atoms with Crippen molar-refractivity contribution in [2.75, 3.05) is 0 Å². The minimum atomic E-state index is 0. The van der Waals surface area contributed by atoms with E-state index in [4.69, 9.17) is 0 Å². The fourth-order valence-electron chi connectivity index (χ4n) is 1.98. The highest BCUT2D eigenvalue weighted by molar-refractivity contribution is 4.59. The number of hydrogen-bond donors (Lipinski definition) is 0. The van der Waals surface area contributed by atoms with E-state index in [0.29, 0.717) is 0 Å². The van der Waals surface area contributed by atoms with Crippen molar-refractivity contribution < 1.29 is 0 Å². The van der Waals surface area contributed by atoms with Crippen LogP contribution in [0.15, 0.2) is 0 Å². The summed E-state index contributed by atoms with van der Waals surface area (Å²) in [6, 6.07) is 0. The van der Waals surface area contributed by atoms with Crippen molar-refractivity contribution in [2.24, 2.45) is 5.92 Å². The van der Waals surface area contributed by atoms with E-state index in [1.165, 1.54) is 70.6 Å². The Morgan fingerprint density at radius 2 is 0.955 bits per heavy atom. The van der Waals surface area contributed by atoms with Gasteiger partial charge in [-0.1, -0.05) is 140 Å². The van der Waals surface area contributed by atoms with Crippen LogP contribution in [0, 0.1) is 5.92 Å². The normalized spacial score (nSPS) is 12.4. The third-order valence-corrected chi connectivity index (χ3v) is 3.10. The minimum absolute atomic E-state index is 0. The molecular weight excluding hydrogens is 264 g/mol. The molecule has 0 bridgehead atoms. The lowest BCUT2D eigenvalue weighted by molar-refractivity contribution is 0.385. The van der Waals surface area contributed by atoms with Crippen LogP contribution in [-0.2, 0) is 0 Å². The molecule has 0 unspecified atom stereocenters. The summed E-state index contributed by atoms with van der Waals surface area (Å²) in [5, 5.41) is 0. The summed E-state index contributed by atoms with van der Waals surface area (Å²) < 4.78 is 0. The lowest BCUT2D eigenvalue weighted by atomic mass is 9.91. The molecule has 0 saturated heterocycles. The van der Waals surface area contributed by atoms with Crippen molar-refractivity contribution in [3.8, 4) is 0 Å². The Hall–Kier alpha value is 0. The smallest absolute Gasteiger partial charge is 0.0443 e. The number of rotatable bonds is 4. The molecule has 1 fully saturated rings. The third-order valence-electron chi connectivity index (χ3n) is 3.10. The van der Waals surface area contributed by atoms with E-state index in [-0.39, 0.29) is 7.43 Å². The predicted molar refractivity (Wildman–Crippen MR) is 112 cm³/mol. The van der Waals surface area contributed by atoms with Crippen molar-refractivity contribution in [2.45, 2.75) is 140 Å². The molecule has 0 aromatic heterocycles. The quantitative estimate of drug-likeness (QED) is 0.452. The maximum atomic E-state index is 2.36. The lowest BCUT2D eigenvalue weighted by Crippen LogP contribution is -1.99. The summed E-state index contributed by atoms with van der Waals surface area (Å²) >= 11 is 0. The first kappa shape index (κ1) is 33.6. The van der Waals surface area contributed by atoms with E-state index in [1.54, 1.807) is 0 Å². The molecule has 1 aliphatic rings. The zero-order valence-corrected chi connectivity index (χ0v) is 17.4. The van der Waals surface area contributed by atoms with Gasteiger partial charge < -0.3 is 0 Å². The van der Waals surface area contributed by atoms with Crippen LogP contribution < -0.4 is 0 Å². The van der Waals surface area contributed by atoms with Gasteiger partial charge in [-0.2, -0.15) is 0 Å². The Morgan fingerprint density at radius 1 is 0.636 bits per heavy atom. The van der Waals surface area contributed by atoms with Gasteiger partial charge in [0.15, 0.2) is 0 Å².